The summed E-state index contributed by atoms with van der Waals surface area (Å²) < 4.78 is 5.80. The number of aryl methyl sites for hydroxylation is 3. The second kappa shape index (κ2) is 7.19. The second-order valence-corrected chi connectivity index (χ2v) is 7.28. The fraction of sp³-hybridized carbons (Fsp3) is 0.400. The molecule has 1 aromatic carbocycles. The lowest BCUT2D eigenvalue weighted by Gasteiger charge is -2.11. The number of fused-ring (bicyclic) bond motifs is 1. The standard InChI is InChI=1S/C20H22N2OS/c1-4-23-19-14(3)9-13(2)10-15(19)12-22-20-17(11-21)16-7-5-6-8-18(16)24-20/h9-10,12H,4-8H2,1-3H3. The van der Waals surface area contributed by atoms with Crippen LogP contribution in [0.15, 0.2) is 17.1 Å². The van der Waals surface area contributed by atoms with Gasteiger partial charge in [-0.25, -0.2) is 4.99 Å². The van der Waals surface area contributed by atoms with Gasteiger partial charge in [0.05, 0.1) is 12.2 Å². The zero-order valence-electron chi connectivity index (χ0n) is 14.5. The van der Waals surface area contributed by atoms with Crippen molar-refractivity contribution in [3.05, 3.63) is 44.8 Å². The van der Waals surface area contributed by atoms with Gasteiger partial charge in [-0.15, -0.1) is 11.3 Å². The Labute approximate surface area is 147 Å². The third-order valence-electron chi connectivity index (χ3n) is 4.32. The van der Waals surface area contributed by atoms with Crippen LogP contribution >= 0.6 is 11.3 Å². The van der Waals surface area contributed by atoms with Crippen molar-refractivity contribution in [1.82, 2.24) is 0 Å². The van der Waals surface area contributed by atoms with Crippen molar-refractivity contribution in [2.24, 2.45) is 4.99 Å². The maximum atomic E-state index is 9.55. The van der Waals surface area contributed by atoms with Crippen LogP contribution in [0.4, 0.5) is 5.00 Å². The van der Waals surface area contributed by atoms with Gasteiger partial charge >= 0.3 is 0 Å². The number of hydrogen-bond donors (Lipinski definition) is 0. The molecule has 1 heterocycles. The second-order valence-electron chi connectivity index (χ2n) is 6.19. The molecule has 0 N–H and O–H groups in total. The first-order chi connectivity index (χ1) is 11.6. The maximum Gasteiger partial charge on any atom is 0.134 e. The van der Waals surface area contributed by atoms with Gasteiger partial charge in [0.1, 0.15) is 16.8 Å². The molecule has 0 spiro atoms. The Kier molecular flexibility index (Phi) is 5.01. The smallest absolute Gasteiger partial charge is 0.134 e. The van der Waals surface area contributed by atoms with Crippen LogP contribution in [-0.2, 0) is 12.8 Å². The summed E-state index contributed by atoms with van der Waals surface area (Å²) in [6.45, 7) is 6.74. The fourth-order valence-electron chi connectivity index (χ4n) is 3.31. The van der Waals surface area contributed by atoms with Gasteiger partial charge in [-0.1, -0.05) is 6.07 Å². The SMILES string of the molecule is CCOc1c(C)cc(C)cc1C=Nc1sc2c(c1C#N)CCCC2. The summed E-state index contributed by atoms with van der Waals surface area (Å²) in [5, 5.41) is 10.4. The molecule has 3 nitrogen and oxygen atoms in total. The van der Waals surface area contributed by atoms with Crippen LogP contribution in [0.5, 0.6) is 5.75 Å². The molecule has 1 aromatic heterocycles. The largest absolute Gasteiger partial charge is 0.493 e. The van der Waals surface area contributed by atoms with E-state index in [0.29, 0.717) is 6.61 Å². The minimum Gasteiger partial charge on any atom is -0.493 e. The van der Waals surface area contributed by atoms with E-state index in [0.717, 1.165) is 40.3 Å². The van der Waals surface area contributed by atoms with Gasteiger partial charge in [-0.3, -0.25) is 0 Å². The molecule has 0 aliphatic heterocycles. The molecular weight excluding hydrogens is 316 g/mol. The third-order valence-corrected chi connectivity index (χ3v) is 5.52. The average molecular weight is 338 g/mol. The highest BCUT2D eigenvalue weighted by Crippen LogP contribution is 2.39. The molecule has 2 aromatic rings. The number of rotatable bonds is 4. The predicted molar refractivity (Wildman–Crippen MR) is 100 cm³/mol. The molecule has 4 heteroatoms. The number of nitrogens with zero attached hydrogens (tertiary/aromatic N) is 2. The van der Waals surface area contributed by atoms with Crippen molar-refractivity contribution < 1.29 is 4.74 Å². The van der Waals surface area contributed by atoms with E-state index in [1.165, 1.54) is 28.8 Å². The molecule has 124 valence electrons. The monoisotopic (exact) mass is 338 g/mol. The fourth-order valence-corrected chi connectivity index (χ4v) is 4.49. The lowest BCUT2D eigenvalue weighted by molar-refractivity contribution is 0.337. The summed E-state index contributed by atoms with van der Waals surface area (Å²) in [5.74, 6) is 0.881. The van der Waals surface area contributed by atoms with E-state index in [4.69, 9.17) is 4.74 Å². The Hall–Kier alpha value is -2.12. The summed E-state index contributed by atoms with van der Waals surface area (Å²) in [7, 11) is 0. The van der Waals surface area contributed by atoms with Crippen molar-refractivity contribution >= 4 is 22.6 Å². The van der Waals surface area contributed by atoms with E-state index in [2.05, 4.69) is 37.0 Å². The first-order valence-electron chi connectivity index (χ1n) is 8.46. The van der Waals surface area contributed by atoms with Crippen molar-refractivity contribution in [3.8, 4) is 11.8 Å². The quantitative estimate of drug-likeness (QED) is 0.713. The summed E-state index contributed by atoms with van der Waals surface area (Å²) in [5.41, 5.74) is 5.27. The van der Waals surface area contributed by atoms with Crippen LogP contribution in [0.25, 0.3) is 0 Å². The van der Waals surface area contributed by atoms with Gasteiger partial charge in [0.15, 0.2) is 0 Å². The zero-order chi connectivity index (χ0) is 17.1. The molecule has 1 aliphatic rings. The normalized spacial score (nSPS) is 13.8. The molecule has 0 amide bonds. The van der Waals surface area contributed by atoms with Crippen molar-refractivity contribution in [2.45, 2.75) is 46.5 Å². The molecule has 0 saturated carbocycles. The predicted octanol–water partition coefficient (Wildman–Crippen LogP) is 5.26. The molecule has 0 saturated heterocycles. The van der Waals surface area contributed by atoms with Gasteiger partial charge in [-0.2, -0.15) is 5.26 Å². The molecule has 0 atom stereocenters. The summed E-state index contributed by atoms with van der Waals surface area (Å²) in [6.07, 6.45) is 6.33. The Morgan fingerprint density at radius 1 is 1.29 bits per heavy atom. The van der Waals surface area contributed by atoms with Crippen molar-refractivity contribution in [2.75, 3.05) is 6.61 Å². The van der Waals surface area contributed by atoms with E-state index in [1.807, 2.05) is 13.1 Å². The number of thiophene rings is 1. The molecule has 1 aliphatic carbocycles. The minimum absolute atomic E-state index is 0.626. The molecule has 0 fully saturated rings. The molecule has 0 unspecified atom stereocenters. The van der Waals surface area contributed by atoms with Crippen LogP contribution in [0, 0.1) is 25.2 Å². The van der Waals surface area contributed by atoms with E-state index in [9.17, 15) is 5.26 Å². The summed E-state index contributed by atoms with van der Waals surface area (Å²) >= 11 is 1.67. The number of ether oxygens (including phenoxy) is 1. The highest BCUT2D eigenvalue weighted by molar-refractivity contribution is 7.16. The van der Waals surface area contributed by atoms with E-state index >= 15 is 0 Å². The Morgan fingerprint density at radius 3 is 2.83 bits per heavy atom. The minimum atomic E-state index is 0.626. The van der Waals surface area contributed by atoms with Crippen molar-refractivity contribution in [1.29, 1.82) is 5.26 Å². The molecule has 3 rings (SSSR count). The number of hydrogen-bond acceptors (Lipinski definition) is 4. The van der Waals surface area contributed by atoms with Crippen LogP contribution in [0.2, 0.25) is 0 Å². The number of nitriles is 1. The first-order valence-corrected chi connectivity index (χ1v) is 9.28. The van der Waals surface area contributed by atoms with Gasteiger partial charge in [0.2, 0.25) is 0 Å². The van der Waals surface area contributed by atoms with E-state index in [-0.39, 0.29) is 0 Å². The summed E-state index contributed by atoms with van der Waals surface area (Å²) in [4.78, 5) is 6.01. The Morgan fingerprint density at radius 2 is 2.08 bits per heavy atom. The number of benzene rings is 1. The summed E-state index contributed by atoms with van der Waals surface area (Å²) in [6, 6.07) is 6.57. The topological polar surface area (TPSA) is 45.4 Å². The molecular formula is C20H22N2OS. The number of aliphatic imine (C=N–C) groups is 1. The van der Waals surface area contributed by atoms with Crippen molar-refractivity contribution in [3.63, 3.8) is 0 Å². The molecule has 24 heavy (non-hydrogen) atoms. The lowest BCUT2D eigenvalue weighted by Crippen LogP contribution is -1.99. The highest BCUT2D eigenvalue weighted by atomic mass is 32.1. The lowest BCUT2D eigenvalue weighted by atomic mass is 9.96. The van der Waals surface area contributed by atoms with E-state index in [1.54, 1.807) is 11.3 Å². The van der Waals surface area contributed by atoms with Crippen LogP contribution < -0.4 is 4.74 Å². The van der Waals surface area contributed by atoms with Crippen LogP contribution in [-0.4, -0.2) is 12.8 Å². The van der Waals surface area contributed by atoms with Gasteiger partial charge in [0.25, 0.3) is 0 Å². The Bertz CT molecular complexity index is 827. The van der Waals surface area contributed by atoms with Gasteiger partial charge in [0, 0.05) is 16.7 Å². The van der Waals surface area contributed by atoms with Crippen LogP contribution in [0.3, 0.4) is 0 Å². The maximum absolute atomic E-state index is 9.55. The van der Waals surface area contributed by atoms with Crippen LogP contribution in [0.1, 0.15) is 52.5 Å². The average Bonchev–Trinajstić information content (AvgIpc) is 2.93. The molecule has 0 bridgehead atoms. The van der Waals surface area contributed by atoms with Gasteiger partial charge in [-0.05, 0) is 69.2 Å². The third kappa shape index (κ3) is 3.22. The van der Waals surface area contributed by atoms with Gasteiger partial charge < -0.3 is 4.74 Å². The molecule has 0 radical (unpaired) electrons. The zero-order valence-corrected chi connectivity index (χ0v) is 15.3. The Balaban J connectivity index is 2.00. The van der Waals surface area contributed by atoms with E-state index < -0.39 is 0 Å². The first kappa shape index (κ1) is 16.7. The highest BCUT2D eigenvalue weighted by Gasteiger charge is 2.20.